The van der Waals surface area contributed by atoms with E-state index in [1.807, 2.05) is 24.0 Å². The van der Waals surface area contributed by atoms with E-state index in [0.29, 0.717) is 37.3 Å². The highest BCUT2D eigenvalue weighted by Crippen LogP contribution is 2.37. The normalized spacial score (nSPS) is 19.0. The molecule has 2 unspecified atom stereocenters. The fourth-order valence-electron chi connectivity index (χ4n) is 3.88. The van der Waals surface area contributed by atoms with E-state index in [1.165, 1.54) is 6.07 Å². The molecule has 0 radical (unpaired) electrons. The van der Waals surface area contributed by atoms with Crippen LogP contribution in [0.3, 0.4) is 0 Å². The Hall–Kier alpha value is -2.54. The molecule has 29 heavy (non-hydrogen) atoms. The summed E-state index contributed by atoms with van der Waals surface area (Å²) in [5.41, 5.74) is 0.550. The van der Waals surface area contributed by atoms with Crippen LogP contribution in [0.2, 0.25) is 0 Å². The van der Waals surface area contributed by atoms with E-state index in [1.54, 1.807) is 18.2 Å². The smallest absolute Gasteiger partial charge is 0.416 e. The Bertz CT molecular complexity index is 853. The lowest BCUT2D eigenvalue weighted by atomic mass is 9.90. The van der Waals surface area contributed by atoms with Gasteiger partial charge in [0.25, 0.3) is 0 Å². The molecule has 0 saturated carbocycles. The van der Waals surface area contributed by atoms with Crippen molar-refractivity contribution >= 4 is 5.97 Å². The first-order valence-corrected chi connectivity index (χ1v) is 9.66. The Labute approximate surface area is 167 Å². The standard InChI is InChI=1S/C22H24F3NO3/c1-2-29-19-10-4-7-16(13-19)20(26-11-5-8-17(14-26)21(27)28)15-6-3-9-18(12-15)22(23,24)25/h3-4,6-7,9-10,12-13,17,20H,2,5,8,11,14H2,1H3,(H,27,28). The average Bonchev–Trinajstić information content (AvgIpc) is 2.69. The Morgan fingerprint density at radius 3 is 2.55 bits per heavy atom. The van der Waals surface area contributed by atoms with Gasteiger partial charge in [0, 0.05) is 6.54 Å². The van der Waals surface area contributed by atoms with E-state index in [-0.39, 0.29) is 6.54 Å². The predicted octanol–water partition coefficient (Wildman–Crippen LogP) is 4.99. The number of halogens is 3. The highest BCUT2D eigenvalue weighted by atomic mass is 19.4. The molecule has 1 fully saturated rings. The molecule has 7 heteroatoms. The number of carboxylic acids is 1. The summed E-state index contributed by atoms with van der Waals surface area (Å²) < 4.78 is 45.5. The molecule has 156 valence electrons. The molecule has 3 rings (SSSR count). The van der Waals surface area contributed by atoms with Crippen LogP contribution in [-0.4, -0.2) is 35.7 Å². The molecule has 0 spiro atoms. The summed E-state index contributed by atoms with van der Waals surface area (Å²) in [6, 6.07) is 12.0. The van der Waals surface area contributed by atoms with Crippen molar-refractivity contribution in [2.75, 3.05) is 19.7 Å². The maximum Gasteiger partial charge on any atom is 0.416 e. The van der Waals surface area contributed by atoms with Crippen LogP contribution in [0.1, 0.15) is 42.5 Å². The third-order valence-corrected chi connectivity index (χ3v) is 5.18. The fraction of sp³-hybridized carbons (Fsp3) is 0.409. The lowest BCUT2D eigenvalue weighted by Crippen LogP contribution is -2.41. The van der Waals surface area contributed by atoms with E-state index < -0.39 is 29.7 Å². The predicted molar refractivity (Wildman–Crippen MR) is 103 cm³/mol. The maximum absolute atomic E-state index is 13.3. The van der Waals surface area contributed by atoms with Gasteiger partial charge < -0.3 is 9.84 Å². The molecular formula is C22H24F3NO3. The molecule has 0 aromatic heterocycles. The number of alkyl halides is 3. The zero-order valence-electron chi connectivity index (χ0n) is 16.2. The molecule has 4 nitrogen and oxygen atoms in total. The van der Waals surface area contributed by atoms with Crippen LogP contribution >= 0.6 is 0 Å². The van der Waals surface area contributed by atoms with Crippen molar-refractivity contribution in [1.82, 2.24) is 4.90 Å². The van der Waals surface area contributed by atoms with E-state index in [0.717, 1.165) is 17.7 Å². The topological polar surface area (TPSA) is 49.8 Å². The van der Waals surface area contributed by atoms with Crippen LogP contribution in [0.15, 0.2) is 48.5 Å². The summed E-state index contributed by atoms with van der Waals surface area (Å²) in [5.74, 6) is -0.776. The second-order valence-corrected chi connectivity index (χ2v) is 7.20. The zero-order valence-corrected chi connectivity index (χ0v) is 16.2. The third kappa shape index (κ3) is 5.09. The van der Waals surface area contributed by atoms with Crippen LogP contribution in [0.25, 0.3) is 0 Å². The minimum atomic E-state index is -4.45. The Kier molecular flexibility index (Phi) is 6.47. The summed E-state index contributed by atoms with van der Waals surface area (Å²) in [4.78, 5) is 13.5. The lowest BCUT2D eigenvalue weighted by molar-refractivity contribution is -0.143. The van der Waals surface area contributed by atoms with Crippen molar-refractivity contribution < 1.29 is 27.8 Å². The summed E-state index contributed by atoms with van der Waals surface area (Å²) in [7, 11) is 0. The van der Waals surface area contributed by atoms with Crippen molar-refractivity contribution in [3.05, 3.63) is 65.2 Å². The zero-order chi connectivity index (χ0) is 21.0. The molecule has 1 aliphatic heterocycles. The van der Waals surface area contributed by atoms with Gasteiger partial charge in [0.05, 0.1) is 24.1 Å². The van der Waals surface area contributed by atoms with Crippen molar-refractivity contribution in [3.8, 4) is 5.75 Å². The van der Waals surface area contributed by atoms with Crippen molar-refractivity contribution in [2.24, 2.45) is 5.92 Å². The number of piperidine rings is 1. The maximum atomic E-state index is 13.3. The van der Waals surface area contributed by atoms with Gasteiger partial charge in [-0.2, -0.15) is 13.2 Å². The van der Waals surface area contributed by atoms with Crippen LogP contribution in [0, 0.1) is 5.92 Å². The second-order valence-electron chi connectivity index (χ2n) is 7.20. The minimum absolute atomic E-state index is 0.287. The van der Waals surface area contributed by atoms with Gasteiger partial charge in [-0.3, -0.25) is 9.69 Å². The molecule has 1 aliphatic rings. The first-order chi connectivity index (χ1) is 13.8. The van der Waals surface area contributed by atoms with Gasteiger partial charge >= 0.3 is 12.1 Å². The highest BCUT2D eigenvalue weighted by molar-refractivity contribution is 5.70. The molecular weight excluding hydrogens is 383 g/mol. The van der Waals surface area contributed by atoms with Crippen LogP contribution in [0.4, 0.5) is 13.2 Å². The summed E-state index contributed by atoms with van der Waals surface area (Å²) in [6.07, 6.45) is -3.20. The number of benzene rings is 2. The van der Waals surface area contributed by atoms with Crippen molar-refractivity contribution in [2.45, 2.75) is 32.0 Å². The van der Waals surface area contributed by atoms with Gasteiger partial charge in [-0.25, -0.2) is 0 Å². The average molecular weight is 407 g/mol. The highest BCUT2D eigenvalue weighted by Gasteiger charge is 2.34. The molecule has 2 aromatic carbocycles. The van der Waals surface area contributed by atoms with Gasteiger partial charge in [-0.05, 0) is 61.7 Å². The van der Waals surface area contributed by atoms with Crippen molar-refractivity contribution in [3.63, 3.8) is 0 Å². The fourth-order valence-corrected chi connectivity index (χ4v) is 3.88. The number of nitrogens with zero attached hydrogens (tertiary/aromatic N) is 1. The quantitative estimate of drug-likeness (QED) is 0.733. The number of hydrogen-bond acceptors (Lipinski definition) is 3. The number of hydrogen-bond donors (Lipinski definition) is 1. The number of carboxylic acid groups (broad SMARTS) is 1. The molecule has 1 saturated heterocycles. The molecule has 1 N–H and O–H groups in total. The van der Waals surface area contributed by atoms with E-state index in [2.05, 4.69) is 0 Å². The minimum Gasteiger partial charge on any atom is -0.494 e. The Morgan fingerprint density at radius 2 is 1.90 bits per heavy atom. The molecule has 2 atom stereocenters. The first-order valence-electron chi connectivity index (χ1n) is 9.66. The molecule has 2 aromatic rings. The van der Waals surface area contributed by atoms with Gasteiger partial charge in [-0.1, -0.05) is 24.3 Å². The number of ether oxygens (including phenoxy) is 1. The number of rotatable bonds is 6. The SMILES string of the molecule is CCOc1cccc(C(c2cccc(C(F)(F)F)c2)N2CCCC(C(=O)O)C2)c1. The molecule has 0 amide bonds. The van der Waals surface area contributed by atoms with Gasteiger partial charge in [-0.15, -0.1) is 0 Å². The third-order valence-electron chi connectivity index (χ3n) is 5.18. The van der Waals surface area contributed by atoms with E-state index in [4.69, 9.17) is 4.74 Å². The van der Waals surface area contributed by atoms with Gasteiger partial charge in [0.15, 0.2) is 0 Å². The van der Waals surface area contributed by atoms with Gasteiger partial charge in [0.2, 0.25) is 0 Å². The second kappa shape index (κ2) is 8.86. The van der Waals surface area contributed by atoms with Crippen LogP contribution < -0.4 is 4.74 Å². The molecule has 1 heterocycles. The van der Waals surface area contributed by atoms with E-state index >= 15 is 0 Å². The monoisotopic (exact) mass is 407 g/mol. The van der Waals surface area contributed by atoms with E-state index in [9.17, 15) is 23.1 Å². The van der Waals surface area contributed by atoms with Crippen LogP contribution in [-0.2, 0) is 11.0 Å². The summed E-state index contributed by atoms with van der Waals surface area (Å²) in [5, 5.41) is 9.45. The van der Waals surface area contributed by atoms with Gasteiger partial charge in [0.1, 0.15) is 5.75 Å². The van der Waals surface area contributed by atoms with Crippen molar-refractivity contribution in [1.29, 1.82) is 0 Å². The summed E-state index contributed by atoms with van der Waals surface area (Å²) in [6.45, 7) is 3.24. The Morgan fingerprint density at radius 1 is 1.21 bits per heavy atom. The molecule has 0 aliphatic carbocycles. The Balaban J connectivity index is 2.05. The number of aliphatic carboxylic acids is 1. The number of carbonyl (C=O) groups is 1. The first kappa shape index (κ1) is 21.2. The lowest BCUT2D eigenvalue weighted by Gasteiger charge is -2.38. The largest absolute Gasteiger partial charge is 0.494 e. The summed E-state index contributed by atoms with van der Waals surface area (Å²) >= 11 is 0. The van der Waals surface area contributed by atoms with Crippen LogP contribution in [0.5, 0.6) is 5.75 Å². The molecule has 0 bridgehead atoms. The number of likely N-dealkylation sites (tertiary alicyclic amines) is 1.